The number of aryl methyl sites for hydroxylation is 1. The third-order valence-electron chi connectivity index (χ3n) is 3.94. The summed E-state index contributed by atoms with van der Waals surface area (Å²) in [4.78, 5) is 9.21. The number of piperazine rings is 1. The maximum Gasteiger partial charge on any atom is 0.223 e. The van der Waals surface area contributed by atoms with Crippen LogP contribution >= 0.6 is 0 Å². The van der Waals surface area contributed by atoms with E-state index in [1.54, 1.807) is 0 Å². The molecule has 0 bridgehead atoms. The summed E-state index contributed by atoms with van der Waals surface area (Å²) >= 11 is 0. The van der Waals surface area contributed by atoms with Crippen molar-refractivity contribution in [2.24, 2.45) is 5.92 Å². The monoisotopic (exact) mass is 266 g/mol. The Labute approximate surface area is 113 Å². The number of ether oxygens (including phenoxy) is 1. The minimum atomic E-state index is 0.648. The predicted octanol–water partition coefficient (Wildman–Crippen LogP) is 0.532. The number of hydrogen-bond donors (Lipinski definition) is 0. The van der Waals surface area contributed by atoms with Crippen LogP contribution in [0.1, 0.15) is 18.1 Å². The Morgan fingerprint density at radius 2 is 2.00 bits per heavy atom. The molecule has 1 atom stereocenters. The quantitative estimate of drug-likeness (QED) is 0.792. The molecule has 0 aliphatic carbocycles. The van der Waals surface area contributed by atoms with Gasteiger partial charge in [-0.15, -0.1) is 0 Å². The van der Waals surface area contributed by atoms with Gasteiger partial charge in [-0.25, -0.2) is 0 Å². The van der Waals surface area contributed by atoms with Gasteiger partial charge in [0.05, 0.1) is 13.2 Å². The first-order chi connectivity index (χ1) is 9.29. The lowest BCUT2D eigenvalue weighted by molar-refractivity contribution is 0.104. The summed E-state index contributed by atoms with van der Waals surface area (Å²) in [6.07, 6.45) is 1.22. The van der Waals surface area contributed by atoms with Gasteiger partial charge < -0.3 is 14.2 Å². The van der Waals surface area contributed by atoms with E-state index in [4.69, 9.17) is 9.26 Å². The van der Waals surface area contributed by atoms with Crippen molar-refractivity contribution in [3.63, 3.8) is 0 Å². The normalized spacial score (nSPS) is 26.1. The topological polar surface area (TPSA) is 54.6 Å². The Kier molecular flexibility index (Phi) is 4.10. The maximum atomic E-state index is 5.44. The molecule has 2 saturated heterocycles. The summed E-state index contributed by atoms with van der Waals surface area (Å²) in [5, 5.41) is 3.95. The van der Waals surface area contributed by atoms with E-state index in [9.17, 15) is 0 Å². The van der Waals surface area contributed by atoms with Crippen LogP contribution in [0.5, 0.6) is 0 Å². The third kappa shape index (κ3) is 3.52. The highest BCUT2D eigenvalue weighted by Crippen LogP contribution is 2.15. The zero-order chi connectivity index (χ0) is 13.1. The Hall–Kier alpha value is -0.980. The van der Waals surface area contributed by atoms with Crippen molar-refractivity contribution in [2.75, 3.05) is 45.9 Å². The third-order valence-corrected chi connectivity index (χ3v) is 3.94. The van der Waals surface area contributed by atoms with Crippen molar-refractivity contribution in [2.45, 2.75) is 19.9 Å². The lowest BCUT2D eigenvalue weighted by atomic mass is 10.1. The molecule has 3 rings (SSSR count). The predicted molar refractivity (Wildman–Crippen MR) is 69.7 cm³/mol. The number of aromatic nitrogens is 2. The van der Waals surface area contributed by atoms with E-state index in [0.29, 0.717) is 5.89 Å². The molecule has 0 spiro atoms. The standard InChI is InChI=1S/C13H22N4O2/c1-11-14-13(15-19-11)9-17-5-3-16(4-6-17)8-12-2-7-18-10-12/h12H,2-10H2,1H3. The second-order valence-electron chi connectivity index (χ2n) is 5.54. The average Bonchev–Trinajstić information content (AvgIpc) is 3.04. The van der Waals surface area contributed by atoms with E-state index in [2.05, 4.69) is 19.9 Å². The molecule has 0 amide bonds. The molecule has 1 aromatic rings. The van der Waals surface area contributed by atoms with Crippen molar-refractivity contribution < 1.29 is 9.26 Å². The van der Waals surface area contributed by atoms with E-state index in [1.165, 1.54) is 13.0 Å². The first-order valence-electron chi connectivity index (χ1n) is 7.11. The van der Waals surface area contributed by atoms with Gasteiger partial charge in [-0.1, -0.05) is 5.16 Å². The first kappa shape index (κ1) is 13.0. The molecule has 2 aliphatic heterocycles. The minimum Gasteiger partial charge on any atom is -0.381 e. The SMILES string of the molecule is Cc1nc(CN2CCN(CC3CCOC3)CC2)no1. The average molecular weight is 266 g/mol. The van der Waals surface area contributed by atoms with Gasteiger partial charge in [-0.3, -0.25) is 4.90 Å². The van der Waals surface area contributed by atoms with Gasteiger partial charge in [-0.05, 0) is 12.3 Å². The highest BCUT2D eigenvalue weighted by molar-refractivity contribution is 4.85. The second kappa shape index (κ2) is 5.98. The summed E-state index contributed by atoms with van der Waals surface area (Å²) in [6.45, 7) is 10.2. The molecular weight excluding hydrogens is 244 g/mol. The van der Waals surface area contributed by atoms with Crippen LogP contribution in [0.2, 0.25) is 0 Å². The maximum absolute atomic E-state index is 5.44. The van der Waals surface area contributed by atoms with Crippen LogP contribution in [0.4, 0.5) is 0 Å². The lowest BCUT2D eigenvalue weighted by Gasteiger charge is -2.35. The van der Waals surface area contributed by atoms with Crippen molar-refractivity contribution in [1.82, 2.24) is 19.9 Å². The molecule has 1 aromatic heterocycles. The highest BCUT2D eigenvalue weighted by atomic mass is 16.5. The number of rotatable bonds is 4. The van der Waals surface area contributed by atoms with E-state index >= 15 is 0 Å². The van der Waals surface area contributed by atoms with Crippen molar-refractivity contribution in [3.8, 4) is 0 Å². The van der Waals surface area contributed by atoms with Gasteiger partial charge in [0.25, 0.3) is 0 Å². The molecule has 0 aromatic carbocycles. The van der Waals surface area contributed by atoms with Crippen LogP contribution in [-0.4, -0.2) is 65.9 Å². The molecule has 19 heavy (non-hydrogen) atoms. The van der Waals surface area contributed by atoms with Gasteiger partial charge in [0.1, 0.15) is 0 Å². The number of nitrogens with zero attached hydrogens (tertiary/aromatic N) is 4. The summed E-state index contributed by atoms with van der Waals surface area (Å²) in [7, 11) is 0. The van der Waals surface area contributed by atoms with Crippen LogP contribution in [0, 0.1) is 12.8 Å². The molecule has 2 fully saturated rings. The fourth-order valence-electron chi connectivity index (χ4n) is 2.83. The molecule has 2 aliphatic rings. The summed E-state index contributed by atoms with van der Waals surface area (Å²) < 4.78 is 10.4. The molecule has 0 saturated carbocycles. The van der Waals surface area contributed by atoms with Crippen molar-refractivity contribution in [1.29, 1.82) is 0 Å². The van der Waals surface area contributed by atoms with Gasteiger partial charge >= 0.3 is 0 Å². The second-order valence-corrected chi connectivity index (χ2v) is 5.54. The highest BCUT2D eigenvalue weighted by Gasteiger charge is 2.23. The van der Waals surface area contributed by atoms with E-state index < -0.39 is 0 Å². The summed E-state index contributed by atoms with van der Waals surface area (Å²) in [6, 6.07) is 0. The molecule has 6 nitrogen and oxygen atoms in total. The molecule has 0 N–H and O–H groups in total. The van der Waals surface area contributed by atoms with Crippen LogP contribution in [0.25, 0.3) is 0 Å². The van der Waals surface area contributed by atoms with E-state index in [-0.39, 0.29) is 0 Å². The van der Waals surface area contributed by atoms with Crippen LogP contribution < -0.4 is 0 Å². The van der Waals surface area contributed by atoms with Crippen LogP contribution in [0.3, 0.4) is 0 Å². The molecule has 3 heterocycles. The fraction of sp³-hybridized carbons (Fsp3) is 0.846. The lowest BCUT2D eigenvalue weighted by Crippen LogP contribution is -2.47. The summed E-state index contributed by atoms with van der Waals surface area (Å²) in [5.74, 6) is 2.19. The molecule has 6 heteroatoms. The molecular formula is C13H22N4O2. The summed E-state index contributed by atoms with van der Waals surface area (Å²) in [5.41, 5.74) is 0. The Morgan fingerprint density at radius 1 is 1.21 bits per heavy atom. The number of hydrogen-bond acceptors (Lipinski definition) is 6. The van der Waals surface area contributed by atoms with Crippen molar-refractivity contribution in [3.05, 3.63) is 11.7 Å². The smallest absolute Gasteiger partial charge is 0.223 e. The van der Waals surface area contributed by atoms with Crippen molar-refractivity contribution >= 4 is 0 Å². The first-order valence-corrected chi connectivity index (χ1v) is 7.11. The molecule has 1 unspecified atom stereocenters. The zero-order valence-corrected chi connectivity index (χ0v) is 11.5. The molecule has 0 radical (unpaired) electrons. The van der Waals surface area contributed by atoms with E-state index in [1.807, 2.05) is 6.92 Å². The Bertz CT molecular complexity index is 395. The largest absolute Gasteiger partial charge is 0.381 e. The van der Waals surface area contributed by atoms with Crippen LogP contribution in [-0.2, 0) is 11.3 Å². The fourth-order valence-corrected chi connectivity index (χ4v) is 2.83. The zero-order valence-electron chi connectivity index (χ0n) is 11.5. The van der Waals surface area contributed by atoms with Crippen LogP contribution in [0.15, 0.2) is 4.52 Å². The van der Waals surface area contributed by atoms with Gasteiger partial charge in [0, 0.05) is 46.3 Å². The van der Waals surface area contributed by atoms with Gasteiger partial charge in [0.15, 0.2) is 5.82 Å². The Morgan fingerprint density at radius 3 is 2.63 bits per heavy atom. The van der Waals surface area contributed by atoms with Gasteiger partial charge in [-0.2, -0.15) is 4.98 Å². The minimum absolute atomic E-state index is 0.648. The molecule has 106 valence electrons. The van der Waals surface area contributed by atoms with Gasteiger partial charge in [0.2, 0.25) is 5.89 Å². The van der Waals surface area contributed by atoms with E-state index in [0.717, 1.165) is 57.7 Å². The Balaban J connectivity index is 1.41.